The number of rotatable bonds is 5. The number of nitrogens with zero attached hydrogens (tertiary/aromatic N) is 2. The normalized spacial score (nSPS) is 11.9. The van der Waals surface area contributed by atoms with Crippen LogP contribution in [-0.4, -0.2) is 33.3 Å². The molecular weight excluding hydrogens is 400 g/mol. The number of fused-ring (bicyclic) bond motifs is 1. The zero-order valence-electron chi connectivity index (χ0n) is 17.4. The first-order valence-electron chi connectivity index (χ1n) is 9.66. The molecular formula is C22H24N4O3S. The van der Waals surface area contributed by atoms with Crippen LogP contribution in [0.5, 0.6) is 0 Å². The Morgan fingerprint density at radius 1 is 1.13 bits per heavy atom. The van der Waals surface area contributed by atoms with E-state index < -0.39 is 17.2 Å². The topological polar surface area (TPSA) is 93.1 Å². The largest absolute Gasteiger partial charge is 0.338 e. The lowest BCUT2D eigenvalue weighted by atomic mass is 10.1. The molecule has 0 unspecified atom stereocenters. The van der Waals surface area contributed by atoms with Crippen molar-refractivity contribution in [3.05, 3.63) is 63.9 Å². The van der Waals surface area contributed by atoms with Crippen LogP contribution in [0.15, 0.2) is 52.4 Å². The van der Waals surface area contributed by atoms with Crippen LogP contribution in [0, 0.1) is 13.8 Å². The highest BCUT2D eigenvalue weighted by atomic mass is 32.2. The summed E-state index contributed by atoms with van der Waals surface area (Å²) in [6.07, 6.45) is 0. The minimum absolute atomic E-state index is 0.204. The van der Waals surface area contributed by atoms with Gasteiger partial charge in [-0.15, -0.1) is 0 Å². The first kappa shape index (κ1) is 21.6. The molecule has 2 aromatic carbocycles. The Hall–Kier alpha value is -3.13. The quantitative estimate of drug-likeness (QED) is 0.484. The van der Waals surface area contributed by atoms with Crippen LogP contribution in [0.25, 0.3) is 16.6 Å². The maximum absolute atomic E-state index is 13.3. The summed E-state index contributed by atoms with van der Waals surface area (Å²) < 4.78 is 1.53. The Kier molecular flexibility index (Phi) is 6.56. The highest BCUT2D eigenvalue weighted by Crippen LogP contribution is 2.26. The number of hydrogen-bond acceptors (Lipinski definition) is 5. The van der Waals surface area contributed by atoms with Crippen LogP contribution < -0.4 is 16.2 Å². The number of imide groups is 1. The Morgan fingerprint density at radius 2 is 1.80 bits per heavy atom. The van der Waals surface area contributed by atoms with Crippen LogP contribution in [0.4, 0.5) is 4.79 Å². The van der Waals surface area contributed by atoms with Gasteiger partial charge in [-0.25, -0.2) is 9.78 Å². The van der Waals surface area contributed by atoms with Gasteiger partial charge in [-0.1, -0.05) is 30.0 Å². The fourth-order valence-corrected chi connectivity index (χ4v) is 4.06. The standard InChI is InChI=1S/C22H24N4O3S/c1-5-23-21(29)25-19(27)15(4)30-22-24-18-9-7-6-8-17(18)20(28)26(22)16-11-13(2)10-14(3)12-16/h6-12,15H,5H2,1-4H3,(H2,23,25,27,29)/t15-/m1/s1. The van der Waals surface area contributed by atoms with E-state index in [1.54, 1.807) is 32.0 Å². The smallest absolute Gasteiger partial charge is 0.321 e. The molecule has 7 nitrogen and oxygen atoms in total. The number of hydrogen-bond donors (Lipinski definition) is 2. The van der Waals surface area contributed by atoms with E-state index in [1.165, 1.54) is 4.57 Å². The van der Waals surface area contributed by atoms with Crippen LogP contribution in [0.2, 0.25) is 0 Å². The molecule has 0 bridgehead atoms. The summed E-state index contributed by atoms with van der Waals surface area (Å²) in [6.45, 7) is 7.78. The minimum atomic E-state index is -0.641. The molecule has 1 aromatic heterocycles. The first-order chi connectivity index (χ1) is 14.3. The first-order valence-corrected chi connectivity index (χ1v) is 10.5. The van der Waals surface area contributed by atoms with Gasteiger partial charge >= 0.3 is 6.03 Å². The fraction of sp³-hybridized carbons (Fsp3) is 0.273. The molecule has 3 aromatic rings. The molecule has 0 spiro atoms. The summed E-state index contributed by atoms with van der Waals surface area (Å²) >= 11 is 1.13. The molecule has 3 rings (SSSR count). The third kappa shape index (κ3) is 4.71. The molecule has 1 atom stereocenters. The number of carbonyl (C=O) groups excluding carboxylic acids is 2. The van der Waals surface area contributed by atoms with E-state index >= 15 is 0 Å². The molecule has 0 aliphatic rings. The van der Waals surface area contributed by atoms with Crippen molar-refractivity contribution >= 4 is 34.6 Å². The summed E-state index contributed by atoms with van der Waals surface area (Å²) in [6, 6.07) is 12.4. The number of nitrogens with one attached hydrogen (secondary N) is 2. The molecule has 0 radical (unpaired) electrons. The van der Waals surface area contributed by atoms with Gasteiger partial charge in [0, 0.05) is 6.54 Å². The maximum atomic E-state index is 13.3. The summed E-state index contributed by atoms with van der Waals surface area (Å²) in [7, 11) is 0. The zero-order valence-corrected chi connectivity index (χ0v) is 18.2. The molecule has 3 amide bonds. The predicted molar refractivity (Wildman–Crippen MR) is 119 cm³/mol. The summed E-state index contributed by atoms with van der Waals surface area (Å²) in [5.41, 5.74) is 3.08. The molecule has 0 aliphatic heterocycles. The van der Waals surface area contributed by atoms with Crippen molar-refractivity contribution in [1.29, 1.82) is 0 Å². The van der Waals surface area contributed by atoms with Gasteiger partial charge in [0.2, 0.25) is 5.91 Å². The molecule has 156 valence electrons. The number of thioether (sulfide) groups is 1. The average molecular weight is 425 g/mol. The zero-order chi connectivity index (χ0) is 21.8. The monoisotopic (exact) mass is 424 g/mol. The van der Waals surface area contributed by atoms with E-state index in [2.05, 4.69) is 15.6 Å². The van der Waals surface area contributed by atoms with Crippen molar-refractivity contribution in [1.82, 2.24) is 20.2 Å². The number of para-hydroxylation sites is 1. The van der Waals surface area contributed by atoms with Crippen LogP contribution in [0.1, 0.15) is 25.0 Å². The van der Waals surface area contributed by atoms with E-state index in [1.807, 2.05) is 38.1 Å². The van der Waals surface area contributed by atoms with E-state index in [0.29, 0.717) is 28.3 Å². The highest BCUT2D eigenvalue weighted by molar-refractivity contribution is 8.00. The SMILES string of the molecule is CCNC(=O)NC(=O)[C@@H](C)Sc1nc2ccccc2c(=O)n1-c1cc(C)cc(C)c1. The van der Waals surface area contributed by atoms with Gasteiger partial charge < -0.3 is 5.32 Å². The lowest BCUT2D eigenvalue weighted by Crippen LogP contribution is -2.42. The molecule has 0 saturated heterocycles. The van der Waals surface area contributed by atoms with Crippen LogP contribution in [0.3, 0.4) is 0 Å². The Bertz CT molecular complexity index is 1150. The van der Waals surface area contributed by atoms with Gasteiger partial charge in [0.1, 0.15) is 0 Å². The van der Waals surface area contributed by atoms with Crippen LogP contribution >= 0.6 is 11.8 Å². The van der Waals surface area contributed by atoms with Gasteiger partial charge in [0.15, 0.2) is 5.16 Å². The van der Waals surface area contributed by atoms with Gasteiger partial charge in [-0.3, -0.25) is 19.5 Å². The number of carbonyl (C=O) groups is 2. The van der Waals surface area contributed by atoms with E-state index in [9.17, 15) is 14.4 Å². The van der Waals surface area contributed by atoms with Crippen molar-refractivity contribution in [3.8, 4) is 5.69 Å². The second-order valence-electron chi connectivity index (χ2n) is 7.01. The molecule has 0 saturated carbocycles. The maximum Gasteiger partial charge on any atom is 0.321 e. The molecule has 30 heavy (non-hydrogen) atoms. The number of aryl methyl sites for hydroxylation is 2. The Balaban J connectivity index is 2.08. The average Bonchev–Trinajstić information content (AvgIpc) is 2.67. The number of aromatic nitrogens is 2. The lowest BCUT2D eigenvalue weighted by molar-refractivity contribution is -0.119. The second kappa shape index (κ2) is 9.13. The lowest BCUT2D eigenvalue weighted by Gasteiger charge is -2.17. The predicted octanol–water partition coefficient (Wildman–Crippen LogP) is 3.33. The third-order valence-electron chi connectivity index (χ3n) is 4.44. The van der Waals surface area contributed by atoms with Crippen molar-refractivity contribution in [2.45, 2.75) is 38.1 Å². The molecule has 8 heteroatoms. The van der Waals surface area contributed by atoms with Gasteiger partial charge in [0.05, 0.1) is 21.8 Å². The van der Waals surface area contributed by atoms with Crippen molar-refractivity contribution in [2.75, 3.05) is 6.54 Å². The summed E-state index contributed by atoms with van der Waals surface area (Å²) in [4.78, 5) is 42.1. The fourth-order valence-electron chi connectivity index (χ4n) is 3.13. The van der Waals surface area contributed by atoms with Crippen molar-refractivity contribution < 1.29 is 9.59 Å². The van der Waals surface area contributed by atoms with Gasteiger partial charge in [-0.05, 0) is 63.1 Å². The molecule has 0 aliphatic carbocycles. The molecule has 0 fully saturated rings. The van der Waals surface area contributed by atoms with E-state index in [-0.39, 0.29) is 5.56 Å². The van der Waals surface area contributed by atoms with Crippen LogP contribution in [-0.2, 0) is 4.79 Å². The number of urea groups is 1. The molecule has 1 heterocycles. The molecule has 2 N–H and O–H groups in total. The van der Waals surface area contributed by atoms with Crippen molar-refractivity contribution in [2.24, 2.45) is 0 Å². The third-order valence-corrected chi connectivity index (χ3v) is 5.49. The van der Waals surface area contributed by atoms with E-state index in [4.69, 9.17) is 0 Å². The Labute approximate surface area is 178 Å². The number of benzene rings is 2. The van der Waals surface area contributed by atoms with Crippen molar-refractivity contribution in [3.63, 3.8) is 0 Å². The number of amides is 3. The highest BCUT2D eigenvalue weighted by Gasteiger charge is 2.21. The second-order valence-corrected chi connectivity index (χ2v) is 8.31. The van der Waals surface area contributed by atoms with Gasteiger partial charge in [0.25, 0.3) is 5.56 Å². The summed E-state index contributed by atoms with van der Waals surface area (Å²) in [5.74, 6) is -0.458. The minimum Gasteiger partial charge on any atom is -0.338 e. The van der Waals surface area contributed by atoms with Gasteiger partial charge in [-0.2, -0.15) is 0 Å². The summed E-state index contributed by atoms with van der Waals surface area (Å²) in [5, 5.41) is 5.08. The Morgan fingerprint density at radius 3 is 2.47 bits per heavy atom. The van der Waals surface area contributed by atoms with E-state index in [0.717, 1.165) is 22.9 Å².